The molecule has 3 aromatic carbocycles. The van der Waals surface area contributed by atoms with E-state index < -0.39 is 0 Å². The van der Waals surface area contributed by atoms with Crippen LogP contribution >= 0.6 is 11.6 Å². The van der Waals surface area contributed by atoms with Gasteiger partial charge in [0.1, 0.15) is 18.1 Å². The van der Waals surface area contributed by atoms with Gasteiger partial charge in [0, 0.05) is 42.0 Å². The van der Waals surface area contributed by atoms with Crippen molar-refractivity contribution in [1.29, 1.82) is 5.26 Å². The number of nitrogens with one attached hydrogen (secondary N) is 5. The number of rotatable bonds is 12. The summed E-state index contributed by atoms with van der Waals surface area (Å²) in [5, 5.41) is 27.5. The number of para-hydroxylation sites is 2. The molecule has 0 bridgehead atoms. The fraction of sp³-hybridized carbons (Fsp3) is 0.412. The Balaban J connectivity index is 1.31. The average Bonchev–Trinajstić information content (AvgIpc) is 3.01. The molecule has 0 aromatic heterocycles. The summed E-state index contributed by atoms with van der Waals surface area (Å²) in [6.07, 6.45) is 1.14. The van der Waals surface area contributed by atoms with Crippen LogP contribution in [0.2, 0.25) is 5.02 Å². The molecule has 0 spiro atoms. The summed E-state index contributed by atoms with van der Waals surface area (Å²) < 4.78 is 12.0. The van der Waals surface area contributed by atoms with Gasteiger partial charge >= 0.3 is 0 Å². The van der Waals surface area contributed by atoms with Gasteiger partial charge in [-0.15, -0.1) is 0 Å². The van der Waals surface area contributed by atoms with Crippen molar-refractivity contribution in [2.75, 3.05) is 67.0 Å². The van der Waals surface area contributed by atoms with Gasteiger partial charge in [-0.25, -0.2) is 0 Å². The minimum atomic E-state index is -0.372. The van der Waals surface area contributed by atoms with Gasteiger partial charge in [-0.3, -0.25) is 4.79 Å². The van der Waals surface area contributed by atoms with Gasteiger partial charge in [-0.05, 0) is 77.3 Å². The number of benzene rings is 3. The summed E-state index contributed by atoms with van der Waals surface area (Å²) in [5.41, 5.74) is 5.18. The molecule has 11 heteroatoms. The van der Waals surface area contributed by atoms with E-state index in [0.29, 0.717) is 48.4 Å². The lowest BCUT2D eigenvalue weighted by Crippen LogP contribution is -2.44. The molecular formula is C34H42ClN7O3. The number of carbonyl (C=O) groups excluding carboxylic acids is 1. The second-order valence-corrected chi connectivity index (χ2v) is 12.2. The number of amides is 1. The second kappa shape index (κ2) is 14.6. The molecule has 0 fully saturated rings. The standard InChI is InChI=1S/C34H42ClN7O3/c1-5-44-32-17-28-24(16-29(32)41-33(43)11-8-14-42(3)4)34(22(18-36)19-37-28)39-23-12-13-31(25(35)15-23)45-20-30-21(2)38-26-9-6-7-10-27(26)40-30/h6-7,9-10,12-13,15-17,21-22,30,34,37-40H,5,8,11,14,19-20H2,1-4H3,(H,41,43). The SMILES string of the molecule is CCOc1cc2c(cc1NC(=O)CCCN(C)C)C(Nc1ccc(OCC3Nc4ccccc4NC3C)c(Cl)c1)C(C#N)CN2. The summed E-state index contributed by atoms with van der Waals surface area (Å²) in [7, 11) is 3.97. The molecule has 2 aliphatic rings. The second-order valence-electron chi connectivity index (χ2n) is 11.7. The highest BCUT2D eigenvalue weighted by Crippen LogP contribution is 2.42. The van der Waals surface area contributed by atoms with Crippen LogP contribution in [0.4, 0.5) is 28.4 Å². The number of ether oxygens (including phenoxy) is 2. The molecule has 5 N–H and O–H groups in total. The molecule has 10 nitrogen and oxygen atoms in total. The molecule has 0 saturated heterocycles. The Hall–Kier alpha value is -4.33. The fourth-order valence-electron chi connectivity index (χ4n) is 5.66. The Morgan fingerprint density at radius 2 is 1.84 bits per heavy atom. The number of nitriles is 1. The van der Waals surface area contributed by atoms with E-state index in [1.807, 2.05) is 69.6 Å². The molecular weight excluding hydrogens is 590 g/mol. The van der Waals surface area contributed by atoms with E-state index in [9.17, 15) is 10.1 Å². The van der Waals surface area contributed by atoms with Gasteiger partial charge < -0.3 is 41.0 Å². The van der Waals surface area contributed by atoms with Gasteiger partial charge in [-0.2, -0.15) is 5.26 Å². The molecule has 2 heterocycles. The van der Waals surface area contributed by atoms with Gasteiger partial charge in [-0.1, -0.05) is 23.7 Å². The quantitative estimate of drug-likeness (QED) is 0.154. The first-order valence-corrected chi connectivity index (χ1v) is 15.8. The van der Waals surface area contributed by atoms with Crippen LogP contribution in [0.25, 0.3) is 0 Å². The molecule has 0 radical (unpaired) electrons. The predicted molar refractivity (Wildman–Crippen MR) is 182 cm³/mol. The maximum absolute atomic E-state index is 12.8. The van der Waals surface area contributed by atoms with Crippen LogP contribution < -0.4 is 36.1 Å². The Morgan fingerprint density at radius 3 is 2.56 bits per heavy atom. The molecule has 2 aliphatic heterocycles. The highest BCUT2D eigenvalue weighted by molar-refractivity contribution is 6.32. The minimum absolute atomic E-state index is 0.0562. The monoisotopic (exact) mass is 631 g/mol. The molecule has 0 aliphatic carbocycles. The lowest BCUT2D eigenvalue weighted by Gasteiger charge is -2.34. The van der Waals surface area contributed by atoms with E-state index >= 15 is 0 Å². The Kier molecular flexibility index (Phi) is 10.4. The van der Waals surface area contributed by atoms with Crippen molar-refractivity contribution in [2.45, 2.75) is 44.8 Å². The van der Waals surface area contributed by atoms with Crippen LogP contribution in [-0.4, -0.2) is 63.3 Å². The van der Waals surface area contributed by atoms with Crippen LogP contribution in [0, 0.1) is 17.2 Å². The molecule has 45 heavy (non-hydrogen) atoms. The molecule has 3 aromatic rings. The topological polar surface area (TPSA) is 123 Å². The fourth-order valence-corrected chi connectivity index (χ4v) is 5.89. The summed E-state index contributed by atoms with van der Waals surface area (Å²) in [6.45, 7) is 6.20. The smallest absolute Gasteiger partial charge is 0.224 e. The zero-order valence-electron chi connectivity index (χ0n) is 26.2. The minimum Gasteiger partial charge on any atom is -0.492 e. The molecule has 1 amide bonds. The normalized spacial score (nSPS) is 19.9. The zero-order chi connectivity index (χ0) is 31.9. The van der Waals surface area contributed by atoms with Crippen molar-refractivity contribution in [1.82, 2.24) is 4.90 Å². The molecule has 238 valence electrons. The van der Waals surface area contributed by atoms with E-state index in [2.05, 4.69) is 50.5 Å². The van der Waals surface area contributed by atoms with Crippen LogP contribution in [0.3, 0.4) is 0 Å². The zero-order valence-corrected chi connectivity index (χ0v) is 27.0. The highest BCUT2D eigenvalue weighted by atomic mass is 35.5. The molecule has 5 rings (SSSR count). The Labute approximate surface area is 270 Å². The summed E-state index contributed by atoms with van der Waals surface area (Å²) in [4.78, 5) is 14.9. The van der Waals surface area contributed by atoms with E-state index in [4.69, 9.17) is 21.1 Å². The Morgan fingerprint density at radius 1 is 1.07 bits per heavy atom. The third kappa shape index (κ3) is 7.85. The number of fused-ring (bicyclic) bond motifs is 2. The Bertz CT molecular complexity index is 1540. The number of anilines is 5. The number of hydrogen-bond acceptors (Lipinski definition) is 9. The summed E-state index contributed by atoms with van der Waals surface area (Å²) >= 11 is 6.71. The van der Waals surface area contributed by atoms with Crippen LogP contribution in [0.15, 0.2) is 54.6 Å². The van der Waals surface area contributed by atoms with Crippen LogP contribution in [-0.2, 0) is 4.79 Å². The summed E-state index contributed by atoms with van der Waals surface area (Å²) in [5.74, 6) is 0.716. The van der Waals surface area contributed by atoms with E-state index in [-0.39, 0.29) is 30.0 Å². The molecule has 4 unspecified atom stereocenters. The lowest BCUT2D eigenvalue weighted by molar-refractivity contribution is -0.116. The van der Waals surface area contributed by atoms with Crippen molar-refractivity contribution in [3.8, 4) is 17.6 Å². The molecule has 4 atom stereocenters. The molecule has 0 saturated carbocycles. The third-order valence-corrected chi connectivity index (χ3v) is 8.37. The van der Waals surface area contributed by atoms with Crippen molar-refractivity contribution in [3.05, 3.63) is 65.2 Å². The average molecular weight is 632 g/mol. The maximum atomic E-state index is 12.8. The first-order chi connectivity index (χ1) is 21.7. The van der Waals surface area contributed by atoms with Crippen molar-refractivity contribution >= 4 is 45.9 Å². The first kappa shape index (κ1) is 32.1. The van der Waals surface area contributed by atoms with Gasteiger partial charge in [0.2, 0.25) is 5.91 Å². The van der Waals surface area contributed by atoms with Gasteiger partial charge in [0.05, 0.1) is 52.8 Å². The van der Waals surface area contributed by atoms with E-state index in [1.165, 1.54) is 0 Å². The van der Waals surface area contributed by atoms with E-state index in [1.54, 1.807) is 0 Å². The largest absolute Gasteiger partial charge is 0.492 e. The maximum Gasteiger partial charge on any atom is 0.224 e. The van der Waals surface area contributed by atoms with Crippen LogP contribution in [0.5, 0.6) is 11.5 Å². The lowest BCUT2D eigenvalue weighted by atomic mass is 9.88. The number of hydrogen-bond donors (Lipinski definition) is 5. The van der Waals surface area contributed by atoms with Crippen molar-refractivity contribution in [2.24, 2.45) is 5.92 Å². The van der Waals surface area contributed by atoms with Gasteiger partial charge in [0.25, 0.3) is 0 Å². The highest BCUT2D eigenvalue weighted by Gasteiger charge is 2.32. The first-order valence-electron chi connectivity index (χ1n) is 15.5. The third-order valence-electron chi connectivity index (χ3n) is 8.08. The summed E-state index contributed by atoms with van der Waals surface area (Å²) in [6, 6.07) is 19.8. The number of carbonyl (C=O) groups is 1. The van der Waals surface area contributed by atoms with E-state index in [0.717, 1.165) is 41.3 Å². The predicted octanol–water partition coefficient (Wildman–Crippen LogP) is 6.41. The number of halogens is 1. The number of nitrogens with zero attached hydrogens (tertiary/aromatic N) is 2. The van der Waals surface area contributed by atoms with Crippen LogP contribution in [0.1, 0.15) is 38.3 Å². The van der Waals surface area contributed by atoms with Gasteiger partial charge in [0.15, 0.2) is 0 Å². The van der Waals surface area contributed by atoms with Crippen molar-refractivity contribution < 1.29 is 14.3 Å². The van der Waals surface area contributed by atoms with Crippen molar-refractivity contribution in [3.63, 3.8) is 0 Å².